The highest BCUT2D eigenvalue weighted by molar-refractivity contribution is 5.87. The van der Waals surface area contributed by atoms with Gasteiger partial charge in [-0.15, -0.1) is 0 Å². The number of rotatable bonds is 0. The number of fused-ring (bicyclic) bond motifs is 4. The Bertz CT molecular complexity index is 612. The molecule has 134 valence electrons. The number of aliphatic hydroxyl groups is 1. The van der Waals surface area contributed by atoms with E-state index in [1.807, 2.05) is 0 Å². The maximum Gasteiger partial charge on any atom is 0.141 e. The van der Waals surface area contributed by atoms with Gasteiger partial charge in [0.1, 0.15) is 11.4 Å². The molecule has 0 aromatic heterocycles. The van der Waals surface area contributed by atoms with Gasteiger partial charge < -0.3 is 9.84 Å². The van der Waals surface area contributed by atoms with Gasteiger partial charge in [-0.2, -0.15) is 0 Å². The molecule has 1 N–H and O–H groups in total. The lowest BCUT2D eigenvalue weighted by Crippen LogP contribution is -2.64. The first kappa shape index (κ1) is 15.8. The van der Waals surface area contributed by atoms with Crippen molar-refractivity contribution in [2.75, 3.05) is 0 Å². The summed E-state index contributed by atoms with van der Waals surface area (Å²) in [4.78, 5) is 12.7. The maximum absolute atomic E-state index is 12.7. The maximum atomic E-state index is 12.7. The lowest BCUT2D eigenvalue weighted by Gasteiger charge is -2.61. The van der Waals surface area contributed by atoms with Crippen molar-refractivity contribution in [2.45, 2.75) is 90.4 Å². The molecule has 5 fully saturated rings. The number of epoxide rings is 1. The zero-order chi connectivity index (χ0) is 17.1. The Morgan fingerprint density at radius 3 is 2.54 bits per heavy atom. The predicted octanol–water partition coefficient (Wildman–Crippen LogP) is 3.73. The number of carbonyl (C=O) groups excluding carboxylic acids is 1. The largest absolute Gasteiger partial charge is 0.393 e. The second-order valence-corrected chi connectivity index (χ2v) is 10.6. The minimum absolute atomic E-state index is 0.117. The summed E-state index contributed by atoms with van der Waals surface area (Å²) in [6.45, 7) is 9.04. The van der Waals surface area contributed by atoms with E-state index in [0.29, 0.717) is 23.5 Å². The monoisotopic (exact) mass is 332 g/mol. The van der Waals surface area contributed by atoms with Crippen LogP contribution in [0.2, 0.25) is 0 Å². The molecular formula is C21H32O3. The van der Waals surface area contributed by atoms with E-state index in [1.54, 1.807) is 0 Å². The van der Waals surface area contributed by atoms with E-state index in [9.17, 15) is 9.90 Å². The van der Waals surface area contributed by atoms with Gasteiger partial charge >= 0.3 is 0 Å². The number of aliphatic hydroxyl groups excluding tert-OH is 1. The van der Waals surface area contributed by atoms with E-state index in [1.165, 1.54) is 12.8 Å². The molecule has 0 aromatic rings. The summed E-state index contributed by atoms with van der Waals surface area (Å²) in [5.74, 6) is 2.38. The molecule has 0 bridgehead atoms. The van der Waals surface area contributed by atoms with Crippen LogP contribution in [0, 0.1) is 34.0 Å². The summed E-state index contributed by atoms with van der Waals surface area (Å²) in [6, 6.07) is 0. The summed E-state index contributed by atoms with van der Waals surface area (Å²) in [5.41, 5.74) is -0.299. The van der Waals surface area contributed by atoms with Crippen LogP contribution in [-0.2, 0) is 9.53 Å². The van der Waals surface area contributed by atoms with Gasteiger partial charge in [-0.3, -0.25) is 4.79 Å². The van der Waals surface area contributed by atoms with Crippen molar-refractivity contribution in [2.24, 2.45) is 34.0 Å². The van der Waals surface area contributed by atoms with Gasteiger partial charge in [-0.1, -0.05) is 13.8 Å². The van der Waals surface area contributed by atoms with Gasteiger partial charge in [-0.05, 0) is 75.5 Å². The molecule has 24 heavy (non-hydrogen) atoms. The zero-order valence-corrected chi connectivity index (χ0v) is 15.6. The third kappa shape index (κ3) is 1.44. The van der Waals surface area contributed by atoms with E-state index < -0.39 is 0 Å². The highest BCUT2D eigenvalue weighted by atomic mass is 16.6. The fourth-order valence-electron chi connectivity index (χ4n) is 8.34. The summed E-state index contributed by atoms with van der Waals surface area (Å²) >= 11 is 0. The fraction of sp³-hybridized carbons (Fsp3) is 0.952. The normalized spacial score (nSPS) is 60.7. The van der Waals surface area contributed by atoms with Gasteiger partial charge in [0, 0.05) is 11.8 Å². The number of ketones is 1. The van der Waals surface area contributed by atoms with Gasteiger partial charge in [0.25, 0.3) is 0 Å². The van der Waals surface area contributed by atoms with Crippen molar-refractivity contribution in [1.29, 1.82) is 0 Å². The van der Waals surface area contributed by atoms with Crippen molar-refractivity contribution in [3.05, 3.63) is 0 Å². The summed E-state index contributed by atoms with van der Waals surface area (Å²) < 4.78 is 6.47. The van der Waals surface area contributed by atoms with Crippen molar-refractivity contribution in [3.8, 4) is 0 Å². The van der Waals surface area contributed by atoms with Crippen LogP contribution in [0.15, 0.2) is 0 Å². The first-order chi connectivity index (χ1) is 11.2. The van der Waals surface area contributed by atoms with Crippen LogP contribution in [0.25, 0.3) is 0 Å². The van der Waals surface area contributed by atoms with Crippen LogP contribution in [0.3, 0.4) is 0 Å². The van der Waals surface area contributed by atoms with E-state index in [2.05, 4.69) is 27.7 Å². The molecule has 5 aliphatic rings. The summed E-state index contributed by atoms with van der Waals surface area (Å²) in [7, 11) is 0. The molecule has 1 spiro atoms. The predicted molar refractivity (Wildman–Crippen MR) is 91.4 cm³/mol. The Kier molecular flexibility index (Phi) is 2.82. The number of Topliss-reactive ketones (excluding diaryl/α,β-unsaturated/α-hetero) is 1. The van der Waals surface area contributed by atoms with E-state index >= 15 is 0 Å². The van der Waals surface area contributed by atoms with Crippen LogP contribution < -0.4 is 0 Å². The van der Waals surface area contributed by atoms with Crippen LogP contribution in [0.5, 0.6) is 0 Å². The van der Waals surface area contributed by atoms with E-state index in [4.69, 9.17) is 4.74 Å². The minimum Gasteiger partial charge on any atom is -0.393 e. The Hall–Kier alpha value is -0.410. The minimum atomic E-state index is -0.342. The highest BCUT2D eigenvalue weighted by Gasteiger charge is 2.81. The van der Waals surface area contributed by atoms with Gasteiger partial charge in [0.15, 0.2) is 0 Å². The third-order valence-corrected chi connectivity index (χ3v) is 9.76. The molecule has 3 unspecified atom stereocenters. The Morgan fingerprint density at radius 2 is 1.79 bits per heavy atom. The lowest BCUT2D eigenvalue weighted by molar-refractivity contribution is -0.161. The van der Waals surface area contributed by atoms with Gasteiger partial charge in [-0.25, -0.2) is 0 Å². The highest BCUT2D eigenvalue weighted by Crippen LogP contribution is 2.76. The zero-order valence-electron chi connectivity index (χ0n) is 15.6. The van der Waals surface area contributed by atoms with Crippen molar-refractivity contribution >= 4 is 5.78 Å². The van der Waals surface area contributed by atoms with Crippen molar-refractivity contribution in [3.63, 3.8) is 0 Å². The molecule has 3 heteroatoms. The molecule has 1 aliphatic heterocycles. The number of hydrogen-bond acceptors (Lipinski definition) is 3. The first-order valence-corrected chi connectivity index (χ1v) is 10.1. The fourth-order valence-corrected chi connectivity index (χ4v) is 8.34. The average molecular weight is 332 g/mol. The lowest BCUT2D eigenvalue weighted by atomic mass is 9.41. The van der Waals surface area contributed by atoms with Crippen LogP contribution >= 0.6 is 0 Å². The molecule has 4 aliphatic carbocycles. The second-order valence-electron chi connectivity index (χ2n) is 10.6. The molecule has 5 rings (SSSR count). The van der Waals surface area contributed by atoms with Gasteiger partial charge in [0.05, 0.1) is 17.6 Å². The molecule has 0 amide bonds. The third-order valence-electron chi connectivity index (χ3n) is 9.76. The Morgan fingerprint density at radius 1 is 1.04 bits per heavy atom. The smallest absolute Gasteiger partial charge is 0.141 e. The molecule has 8 atom stereocenters. The number of ether oxygens (including phenoxy) is 1. The molecular weight excluding hydrogens is 300 g/mol. The van der Waals surface area contributed by atoms with Crippen LogP contribution in [-0.4, -0.2) is 28.7 Å². The van der Waals surface area contributed by atoms with E-state index in [0.717, 1.165) is 32.1 Å². The first-order valence-electron chi connectivity index (χ1n) is 10.1. The standard InChI is InChI=1S/C21H32O3/c1-18(2)15(22)8-10-20(4)14-7-9-19(3)13(5-6-16(19)23)12(14)11-17-21(18,20)24-17/h12-14,16-17,23H,5-11H2,1-4H3/t12-,13-,14+,16?,17?,19-,20+,21?/m0/s1. The molecule has 1 heterocycles. The van der Waals surface area contributed by atoms with Crippen molar-refractivity contribution in [1.82, 2.24) is 0 Å². The topological polar surface area (TPSA) is 49.8 Å². The molecule has 0 radical (unpaired) electrons. The molecule has 4 saturated carbocycles. The summed E-state index contributed by atoms with van der Waals surface area (Å²) in [6.07, 6.45) is 7.48. The van der Waals surface area contributed by atoms with E-state index in [-0.39, 0.29) is 34.1 Å². The summed E-state index contributed by atoms with van der Waals surface area (Å²) in [5, 5.41) is 10.6. The van der Waals surface area contributed by atoms with Crippen LogP contribution in [0.1, 0.15) is 72.6 Å². The quantitative estimate of drug-likeness (QED) is 0.688. The van der Waals surface area contributed by atoms with Gasteiger partial charge in [0.2, 0.25) is 0 Å². The Labute approximate surface area is 145 Å². The number of carbonyl (C=O) groups is 1. The van der Waals surface area contributed by atoms with Crippen LogP contribution in [0.4, 0.5) is 0 Å². The molecule has 0 aromatic carbocycles. The molecule has 1 saturated heterocycles. The number of hydrogen-bond donors (Lipinski definition) is 1. The SMILES string of the molecule is CC1(C)C(=O)CC[C@]2(C)[C@@H]3CC[C@]4(C)C(O)CC[C@H]4[C@@H]3CC3OC312. The average Bonchev–Trinajstić information content (AvgIpc) is 3.20. The molecule has 3 nitrogen and oxygen atoms in total. The van der Waals surface area contributed by atoms with Crippen molar-refractivity contribution < 1.29 is 14.6 Å². The Balaban J connectivity index is 1.57. The second kappa shape index (κ2) is 4.28.